The fraction of sp³-hybridized carbons (Fsp3) is 0.533. The highest BCUT2D eigenvalue weighted by molar-refractivity contribution is 5.85. The number of carbonyl (C=O) groups excluding carboxylic acids is 1. The van der Waals surface area contributed by atoms with Gasteiger partial charge in [-0.1, -0.05) is 12.1 Å². The molecule has 1 aliphatic rings. The highest BCUT2D eigenvalue weighted by Crippen LogP contribution is 2.12. The zero-order valence-corrected chi connectivity index (χ0v) is 14.6. The van der Waals surface area contributed by atoms with Crippen LogP contribution in [-0.4, -0.2) is 50.1 Å². The Hall–Kier alpha value is -1.01. The Morgan fingerprint density at radius 3 is 2.68 bits per heavy atom. The molecule has 0 spiro atoms. The molecule has 2 rings (SSSR count). The Labute approximate surface area is 144 Å². The van der Waals surface area contributed by atoms with Gasteiger partial charge in [-0.3, -0.25) is 9.69 Å². The summed E-state index contributed by atoms with van der Waals surface area (Å²) in [6, 6.07) is 7.67. The molecule has 1 fully saturated rings. The van der Waals surface area contributed by atoms with Crippen molar-refractivity contribution >= 4 is 30.7 Å². The van der Waals surface area contributed by atoms with E-state index in [9.17, 15) is 4.79 Å². The summed E-state index contributed by atoms with van der Waals surface area (Å²) in [5.74, 6) is 0.890. The van der Waals surface area contributed by atoms with Crippen molar-refractivity contribution in [3.05, 3.63) is 29.8 Å². The number of piperazine rings is 1. The van der Waals surface area contributed by atoms with Crippen LogP contribution < -0.4 is 15.4 Å². The van der Waals surface area contributed by atoms with Crippen LogP contribution in [0.4, 0.5) is 0 Å². The molecule has 1 saturated heterocycles. The SMILES string of the molecule is COc1cccc(CNC(=O)C(C)N2CCNCC2)c1.Cl.Cl. The lowest BCUT2D eigenvalue weighted by molar-refractivity contribution is -0.126. The molecule has 2 N–H and O–H groups in total. The number of nitrogens with one attached hydrogen (secondary N) is 2. The monoisotopic (exact) mass is 349 g/mol. The molecule has 0 aromatic heterocycles. The van der Waals surface area contributed by atoms with Crippen LogP contribution in [0.1, 0.15) is 12.5 Å². The van der Waals surface area contributed by atoms with Crippen molar-refractivity contribution < 1.29 is 9.53 Å². The summed E-state index contributed by atoms with van der Waals surface area (Å²) in [5.41, 5.74) is 1.05. The first kappa shape index (κ1) is 21.0. The second-order valence-corrected chi connectivity index (χ2v) is 5.03. The van der Waals surface area contributed by atoms with Crippen LogP contribution in [0.15, 0.2) is 24.3 Å². The van der Waals surface area contributed by atoms with Crippen molar-refractivity contribution in [1.82, 2.24) is 15.5 Å². The molecule has 1 unspecified atom stereocenters. The van der Waals surface area contributed by atoms with E-state index in [1.54, 1.807) is 7.11 Å². The molecule has 1 aromatic carbocycles. The zero-order chi connectivity index (χ0) is 14.4. The number of halogens is 2. The van der Waals surface area contributed by atoms with Gasteiger partial charge in [0, 0.05) is 32.7 Å². The van der Waals surface area contributed by atoms with Gasteiger partial charge in [-0.15, -0.1) is 24.8 Å². The predicted octanol–water partition coefficient (Wildman–Crippen LogP) is 1.45. The minimum absolute atomic E-state index is 0. The first-order valence-corrected chi connectivity index (χ1v) is 7.06. The van der Waals surface area contributed by atoms with Gasteiger partial charge in [0.1, 0.15) is 5.75 Å². The average Bonchev–Trinajstić information content (AvgIpc) is 2.53. The van der Waals surface area contributed by atoms with E-state index < -0.39 is 0 Å². The molecule has 126 valence electrons. The normalized spacial score (nSPS) is 15.9. The fourth-order valence-corrected chi connectivity index (χ4v) is 2.35. The Kier molecular flexibility index (Phi) is 10.2. The number of ether oxygens (including phenoxy) is 1. The van der Waals surface area contributed by atoms with Crippen molar-refractivity contribution in [3.63, 3.8) is 0 Å². The third kappa shape index (κ3) is 6.01. The summed E-state index contributed by atoms with van der Waals surface area (Å²) in [6.45, 7) is 6.25. The van der Waals surface area contributed by atoms with Crippen molar-refractivity contribution in [2.24, 2.45) is 0 Å². The average molecular weight is 350 g/mol. The topological polar surface area (TPSA) is 53.6 Å². The van der Waals surface area contributed by atoms with Gasteiger partial charge >= 0.3 is 0 Å². The van der Waals surface area contributed by atoms with Crippen LogP contribution in [0.3, 0.4) is 0 Å². The largest absolute Gasteiger partial charge is 0.497 e. The minimum atomic E-state index is -0.0808. The number of hydrogen-bond donors (Lipinski definition) is 2. The lowest BCUT2D eigenvalue weighted by Crippen LogP contribution is -2.52. The van der Waals surface area contributed by atoms with Gasteiger partial charge in [0.2, 0.25) is 5.91 Å². The van der Waals surface area contributed by atoms with E-state index in [-0.39, 0.29) is 36.8 Å². The maximum atomic E-state index is 12.2. The first-order chi connectivity index (χ1) is 9.70. The van der Waals surface area contributed by atoms with Crippen molar-refractivity contribution in [2.45, 2.75) is 19.5 Å². The molecule has 22 heavy (non-hydrogen) atoms. The van der Waals surface area contributed by atoms with Gasteiger partial charge in [0.05, 0.1) is 13.2 Å². The summed E-state index contributed by atoms with van der Waals surface area (Å²) < 4.78 is 5.18. The minimum Gasteiger partial charge on any atom is -0.497 e. The fourth-order valence-electron chi connectivity index (χ4n) is 2.35. The Balaban J connectivity index is 0.00000220. The van der Waals surface area contributed by atoms with Gasteiger partial charge < -0.3 is 15.4 Å². The molecule has 0 radical (unpaired) electrons. The molecule has 1 aliphatic heterocycles. The van der Waals surface area contributed by atoms with Gasteiger partial charge in [-0.2, -0.15) is 0 Å². The number of amides is 1. The maximum Gasteiger partial charge on any atom is 0.237 e. The summed E-state index contributed by atoms with van der Waals surface area (Å²) in [6.07, 6.45) is 0. The quantitative estimate of drug-likeness (QED) is 0.844. The molecule has 1 aromatic rings. The highest BCUT2D eigenvalue weighted by atomic mass is 35.5. The molecule has 0 bridgehead atoms. The van der Waals surface area contributed by atoms with Crippen LogP contribution in [0.25, 0.3) is 0 Å². The number of methoxy groups -OCH3 is 1. The van der Waals surface area contributed by atoms with Gasteiger partial charge in [0.15, 0.2) is 0 Å². The molecule has 0 saturated carbocycles. The van der Waals surface area contributed by atoms with Crippen LogP contribution in [0.5, 0.6) is 5.75 Å². The van der Waals surface area contributed by atoms with Crippen molar-refractivity contribution in [3.8, 4) is 5.75 Å². The van der Waals surface area contributed by atoms with Crippen molar-refractivity contribution in [2.75, 3.05) is 33.3 Å². The highest BCUT2D eigenvalue weighted by Gasteiger charge is 2.22. The summed E-state index contributed by atoms with van der Waals surface area (Å²) in [7, 11) is 1.64. The van der Waals surface area contributed by atoms with E-state index in [1.807, 2.05) is 31.2 Å². The maximum absolute atomic E-state index is 12.2. The third-order valence-electron chi connectivity index (χ3n) is 3.68. The molecule has 7 heteroatoms. The van der Waals surface area contributed by atoms with Crippen LogP contribution in [0.2, 0.25) is 0 Å². The van der Waals surface area contributed by atoms with E-state index in [2.05, 4.69) is 15.5 Å². The number of carbonyl (C=O) groups is 1. The van der Waals surface area contributed by atoms with Gasteiger partial charge in [0.25, 0.3) is 0 Å². The van der Waals surface area contributed by atoms with Crippen molar-refractivity contribution in [1.29, 1.82) is 0 Å². The van der Waals surface area contributed by atoms with E-state index >= 15 is 0 Å². The van der Waals surface area contributed by atoms with E-state index in [0.717, 1.165) is 37.5 Å². The Bertz CT molecular complexity index is 454. The Morgan fingerprint density at radius 2 is 2.05 bits per heavy atom. The zero-order valence-electron chi connectivity index (χ0n) is 13.0. The lowest BCUT2D eigenvalue weighted by atomic mass is 10.2. The summed E-state index contributed by atoms with van der Waals surface area (Å²) in [5, 5.41) is 6.28. The molecule has 0 aliphatic carbocycles. The smallest absolute Gasteiger partial charge is 0.237 e. The standard InChI is InChI=1S/C15H23N3O2.2ClH/c1-12(18-8-6-16-7-9-18)15(19)17-11-13-4-3-5-14(10-13)20-2;;/h3-5,10,12,16H,6-9,11H2,1-2H3,(H,17,19);2*1H. The summed E-state index contributed by atoms with van der Waals surface area (Å²) in [4.78, 5) is 14.4. The molecule has 5 nitrogen and oxygen atoms in total. The molecule has 1 atom stereocenters. The predicted molar refractivity (Wildman–Crippen MR) is 93.2 cm³/mol. The number of benzene rings is 1. The summed E-state index contributed by atoms with van der Waals surface area (Å²) >= 11 is 0. The Morgan fingerprint density at radius 1 is 1.36 bits per heavy atom. The number of rotatable bonds is 5. The van der Waals surface area contributed by atoms with Crippen LogP contribution >= 0.6 is 24.8 Å². The van der Waals surface area contributed by atoms with Crippen LogP contribution in [0, 0.1) is 0 Å². The van der Waals surface area contributed by atoms with E-state index in [4.69, 9.17) is 4.74 Å². The number of nitrogens with zero attached hydrogens (tertiary/aromatic N) is 1. The lowest BCUT2D eigenvalue weighted by Gasteiger charge is -2.31. The molecular weight excluding hydrogens is 325 g/mol. The molecule has 1 heterocycles. The van der Waals surface area contributed by atoms with Gasteiger partial charge in [-0.05, 0) is 24.6 Å². The molecule has 1 amide bonds. The van der Waals surface area contributed by atoms with Gasteiger partial charge in [-0.25, -0.2) is 0 Å². The van der Waals surface area contributed by atoms with E-state index in [1.165, 1.54) is 0 Å². The molecular formula is C15H25Cl2N3O2. The van der Waals surface area contributed by atoms with E-state index in [0.29, 0.717) is 6.54 Å². The second-order valence-electron chi connectivity index (χ2n) is 5.03. The second kappa shape index (κ2) is 10.7. The third-order valence-corrected chi connectivity index (χ3v) is 3.68. The van der Waals surface area contributed by atoms with Crippen LogP contribution in [-0.2, 0) is 11.3 Å². The number of hydrogen-bond acceptors (Lipinski definition) is 4. The first-order valence-electron chi connectivity index (χ1n) is 7.06.